The van der Waals surface area contributed by atoms with Crippen LogP contribution in [0.3, 0.4) is 0 Å². The maximum atomic E-state index is 11.7. The summed E-state index contributed by atoms with van der Waals surface area (Å²) in [5.74, 6) is 0.425. The van der Waals surface area contributed by atoms with Crippen LogP contribution in [0.15, 0.2) is 5.38 Å². The predicted octanol–water partition coefficient (Wildman–Crippen LogP) is 1.42. The van der Waals surface area contributed by atoms with E-state index in [1.165, 1.54) is 11.3 Å². The Morgan fingerprint density at radius 1 is 1.56 bits per heavy atom. The minimum absolute atomic E-state index is 0.0113. The summed E-state index contributed by atoms with van der Waals surface area (Å²) in [6.45, 7) is 6.59. The lowest BCUT2D eigenvalue weighted by atomic mass is 10.1. The average molecular weight is 241 g/mol. The van der Waals surface area contributed by atoms with Crippen LogP contribution in [0.1, 0.15) is 36.3 Å². The van der Waals surface area contributed by atoms with Crippen LogP contribution in [0.25, 0.3) is 0 Å². The van der Waals surface area contributed by atoms with E-state index in [0.717, 1.165) is 11.4 Å². The maximum absolute atomic E-state index is 11.7. The second-order valence-electron chi connectivity index (χ2n) is 4.33. The monoisotopic (exact) mass is 241 g/mol. The highest BCUT2D eigenvalue weighted by atomic mass is 32.1. The Kier molecular flexibility index (Phi) is 4.89. The number of thiazole rings is 1. The highest BCUT2D eigenvalue weighted by Gasteiger charge is 2.12. The molecule has 5 heteroatoms. The van der Waals surface area contributed by atoms with Gasteiger partial charge in [-0.2, -0.15) is 0 Å². The molecule has 1 aromatic heterocycles. The number of carbonyl (C=O) groups excluding carboxylic acids is 1. The summed E-state index contributed by atoms with van der Waals surface area (Å²) < 4.78 is 0. The minimum Gasteiger partial charge on any atom is -0.347 e. The van der Waals surface area contributed by atoms with E-state index in [1.807, 2.05) is 6.92 Å². The lowest BCUT2D eigenvalue weighted by Crippen LogP contribution is -2.37. The number of carbonyl (C=O) groups is 1. The van der Waals surface area contributed by atoms with Crippen molar-refractivity contribution in [1.29, 1.82) is 0 Å². The molecule has 16 heavy (non-hydrogen) atoms. The van der Waals surface area contributed by atoms with E-state index in [-0.39, 0.29) is 11.9 Å². The zero-order valence-corrected chi connectivity index (χ0v) is 10.8. The van der Waals surface area contributed by atoms with Gasteiger partial charge in [-0.1, -0.05) is 13.8 Å². The van der Waals surface area contributed by atoms with E-state index in [2.05, 4.69) is 24.1 Å². The molecule has 4 nitrogen and oxygen atoms in total. The highest BCUT2D eigenvalue weighted by Crippen LogP contribution is 2.14. The van der Waals surface area contributed by atoms with Crippen molar-refractivity contribution in [2.45, 2.75) is 33.2 Å². The number of nitrogens with zero attached hydrogens (tertiary/aromatic N) is 1. The van der Waals surface area contributed by atoms with Gasteiger partial charge in [0, 0.05) is 24.4 Å². The number of nitrogens with two attached hydrogens (primary N) is 1. The third-order valence-corrected chi connectivity index (χ3v) is 2.97. The van der Waals surface area contributed by atoms with Gasteiger partial charge in [0.15, 0.2) is 0 Å². The van der Waals surface area contributed by atoms with Crippen LogP contribution in [-0.4, -0.2) is 23.5 Å². The Morgan fingerprint density at radius 2 is 2.25 bits per heavy atom. The predicted molar refractivity (Wildman–Crippen MR) is 66.6 cm³/mol. The zero-order valence-electron chi connectivity index (χ0n) is 9.99. The van der Waals surface area contributed by atoms with Gasteiger partial charge in [-0.15, -0.1) is 11.3 Å². The molecule has 3 N–H and O–H groups in total. The van der Waals surface area contributed by atoms with Gasteiger partial charge < -0.3 is 11.1 Å². The number of hydrogen-bond donors (Lipinski definition) is 2. The molecule has 1 amide bonds. The molecule has 1 atom stereocenters. The maximum Gasteiger partial charge on any atom is 0.271 e. The van der Waals surface area contributed by atoms with E-state index in [4.69, 9.17) is 5.73 Å². The van der Waals surface area contributed by atoms with Gasteiger partial charge in [0.05, 0.1) is 5.01 Å². The van der Waals surface area contributed by atoms with E-state index in [0.29, 0.717) is 18.2 Å². The van der Waals surface area contributed by atoms with Crippen LogP contribution >= 0.6 is 11.3 Å². The first-order valence-electron chi connectivity index (χ1n) is 5.48. The van der Waals surface area contributed by atoms with Crippen molar-refractivity contribution in [1.82, 2.24) is 10.3 Å². The van der Waals surface area contributed by atoms with E-state index >= 15 is 0 Å². The van der Waals surface area contributed by atoms with Crippen LogP contribution in [0.4, 0.5) is 0 Å². The third-order valence-electron chi connectivity index (χ3n) is 2.10. The molecule has 1 rings (SSSR count). The molecule has 0 aliphatic carbocycles. The molecule has 0 bridgehead atoms. The molecular weight excluding hydrogens is 222 g/mol. The summed E-state index contributed by atoms with van der Waals surface area (Å²) in [6.07, 6.45) is 0.921. The standard InChI is InChI=1S/C11H19N3OS/c1-7(2)4-10-14-9(6-16-10)11(15)13-8(3)5-12/h6-8H,4-5,12H2,1-3H3,(H,13,15)/t8-/m0/s1. The molecule has 0 aliphatic heterocycles. The van der Waals surface area contributed by atoms with Crippen molar-refractivity contribution in [2.75, 3.05) is 6.54 Å². The summed E-state index contributed by atoms with van der Waals surface area (Å²) in [5.41, 5.74) is 5.94. The Balaban J connectivity index is 2.59. The van der Waals surface area contributed by atoms with Crippen molar-refractivity contribution >= 4 is 17.2 Å². The largest absolute Gasteiger partial charge is 0.347 e. The Bertz CT molecular complexity index is 349. The molecule has 90 valence electrons. The van der Waals surface area contributed by atoms with Crippen LogP contribution in [-0.2, 0) is 6.42 Å². The highest BCUT2D eigenvalue weighted by molar-refractivity contribution is 7.09. The van der Waals surface area contributed by atoms with Gasteiger partial charge in [-0.25, -0.2) is 4.98 Å². The molecular formula is C11H19N3OS. The average Bonchev–Trinajstić information content (AvgIpc) is 2.65. The molecule has 0 saturated carbocycles. The number of aromatic nitrogens is 1. The van der Waals surface area contributed by atoms with Crippen molar-refractivity contribution in [2.24, 2.45) is 11.7 Å². The minimum atomic E-state index is -0.135. The fourth-order valence-electron chi connectivity index (χ4n) is 1.21. The molecule has 1 heterocycles. The topological polar surface area (TPSA) is 68.0 Å². The van der Waals surface area contributed by atoms with Gasteiger partial charge in [-0.3, -0.25) is 4.79 Å². The fourth-order valence-corrected chi connectivity index (χ4v) is 2.20. The first kappa shape index (κ1) is 13.1. The Hall–Kier alpha value is -0.940. The Labute approximate surface area is 100 Å². The second kappa shape index (κ2) is 5.96. The van der Waals surface area contributed by atoms with Gasteiger partial charge in [0.2, 0.25) is 0 Å². The summed E-state index contributed by atoms with van der Waals surface area (Å²) in [5, 5.41) is 5.61. The lowest BCUT2D eigenvalue weighted by Gasteiger charge is -2.09. The number of amides is 1. The van der Waals surface area contributed by atoms with Crippen LogP contribution in [0, 0.1) is 5.92 Å². The summed E-state index contributed by atoms with van der Waals surface area (Å²) in [7, 11) is 0. The van der Waals surface area contributed by atoms with Crippen molar-refractivity contribution in [3.8, 4) is 0 Å². The zero-order chi connectivity index (χ0) is 12.1. The van der Waals surface area contributed by atoms with Gasteiger partial charge in [0.25, 0.3) is 5.91 Å². The molecule has 1 aromatic rings. The molecule has 0 fully saturated rings. The molecule has 0 saturated heterocycles. The van der Waals surface area contributed by atoms with Crippen LogP contribution < -0.4 is 11.1 Å². The summed E-state index contributed by atoms with van der Waals surface area (Å²) >= 11 is 1.54. The van der Waals surface area contributed by atoms with Crippen molar-refractivity contribution in [3.05, 3.63) is 16.1 Å². The van der Waals surface area contributed by atoms with Gasteiger partial charge in [-0.05, 0) is 12.8 Å². The number of hydrogen-bond acceptors (Lipinski definition) is 4. The summed E-state index contributed by atoms with van der Waals surface area (Å²) in [6, 6.07) is -0.0113. The first-order chi connectivity index (χ1) is 7.52. The van der Waals surface area contributed by atoms with Gasteiger partial charge >= 0.3 is 0 Å². The van der Waals surface area contributed by atoms with Crippen molar-refractivity contribution < 1.29 is 4.79 Å². The normalized spacial score (nSPS) is 12.8. The van der Waals surface area contributed by atoms with Crippen LogP contribution in [0.2, 0.25) is 0 Å². The van der Waals surface area contributed by atoms with E-state index < -0.39 is 0 Å². The molecule has 0 aromatic carbocycles. The quantitative estimate of drug-likeness (QED) is 0.819. The fraction of sp³-hybridized carbons (Fsp3) is 0.636. The second-order valence-corrected chi connectivity index (χ2v) is 5.28. The third kappa shape index (κ3) is 3.90. The van der Waals surface area contributed by atoms with E-state index in [1.54, 1.807) is 5.38 Å². The molecule has 0 aliphatic rings. The Morgan fingerprint density at radius 3 is 2.81 bits per heavy atom. The molecule has 0 spiro atoms. The number of rotatable bonds is 5. The lowest BCUT2D eigenvalue weighted by molar-refractivity contribution is 0.0936. The first-order valence-corrected chi connectivity index (χ1v) is 6.36. The molecule has 0 unspecified atom stereocenters. The smallest absolute Gasteiger partial charge is 0.271 e. The van der Waals surface area contributed by atoms with Crippen molar-refractivity contribution in [3.63, 3.8) is 0 Å². The van der Waals surface area contributed by atoms with Crippen LogP contribution in [0.5, 0.6) is 0 Å². The summed E-state index contributed by atoms with van der Waals surface area (Å²) in [4.78, 5) is 16.0. The van der Waals surface area contributed by atoms with E-state index in [9.17, 15) is 4.79 Å². The number of nitrogens with one attached hydrogen (secondary N) is 1. The van der Waals surface area contributed by atoms with Gasteiger partial charge in [0.1, 0.15) is 5.69 Å². The molecule has 0 radical (unpaired) electrons. The SMILES string of the molecule is CC(C)Cc1nc(C(=O)N[C@@H](C)CN)cs1.